The number of rotatable bonds is 4. The highest BCUT2D eigenvalue weighted by atomic mass is 16.2. The molecule has 0 bridgehead atoms. The Morgan fingerprint density at radius 3 is 2.59 bits per heavy atom. The molecule has 0 radical (unpaired) electrons. The zero-order chi connectivity index (χ0) is 19.6. The van der Waals surface area contributed by atoms with Crippen molar-refractivity contribution in [3.8, 4) is 5.69 Å². The van der Waals surface area contributed by atoms with E-state index in [1.807, 2.05) is 51.1 Å². The summed E-state index contributed by atoms with van der Waals surface area (Å²) in [5.74, 6) is -0.449. The molecule has 0 aliphatic heterocycles. The predicted octanol–water partition coefficient (Wildman–Crippen LogP) is 2.26. The molecule has 1 aromatic carbocycles. The van der Waals surface area contributed by atoms with Gasteiger partial charge in [-0.1, -0.05) is 39.0 Å². The van der Waals surface area contributed by atoms with Gasteiger partial charge >= 0.3 is 0 Å². The Kier molecular flexibility index (Phi) is 4.81. The lowest BCUT2D eigenvalue weighted by molar-refractivity contribution is 0.0950. The molecule has 140 valence electrons. The lowest BCUT2D eigenvalue weighted by Gasteiger charge is -2.14. The topological polar surface area (TPSA) is 108 Å². The van der Waals surface area contributed by atoms with Crippen LogP contribution >= 0.6 is 0 Å². The smallest absolute Gasteiger partial charge is 0.291 e. The van der Waals surface area contributed by atoms with Gasteiger partial charge in [0.05, 0.1) is 17.5 Å². The summed E-state index contributed by atoms with van der Waals surface area (Å²) in [6, 6.07) is 10.9. The van der Waals surface area contributed by atoms with E-state index in [0.717, 1.165) is 11.4 Å². The van der Waals surface area contributed by atoms with Crippen molar-refractivity contribution in [2.75, 3.05) is 0 Å². The molecule has 0 aliphatic rings. The zero-order valence-corrected chi connectivity index (χ0v) is 15.7. The van der Waals surface area contributed by atoms with Gasteiger partial charge in [0.1, 0.15) is 0 Å². The maximum atomic E-state index is 12.6. The van der Waals surface area contributed by atoms with Crippen LogP contribution < -0.4 is 11.0 Å². The Morgan fingerprint density at radius 2 is 1.96 bits per heavy atom. The predicted molar refractivity (Wildman–Crippen MR) is 103 cm³/mol. The normalized spacial score (nSPS) is 11.9. The van der Waals surface area contributed by atoms with Gasteiger partial charge in [0.2, 0.25) is 0 Å². The van der Waals surface area contributed by atoms with Crippen LogP contribution in [0.5, 0.6) is 0 Å². The van der Waals surface area contributed by atoms with E-state index in [1.165, 1.54) is 10.9 Å². The first-order valence-electron chi connectivity index (χ1n) is 8.53. The fraction of sp³-hybridized carbons (Fsp3) is 0.263. The summed E-state index contributed by atoms with van der Waals surface area (Å²) in [4.78, 5) is 24.7. The number of amides is 1. The van der Waals surface area contributed by atoms with Gasteiger partial charge in [-0.3, -0.25) is 19.8 Å². The van der Waals surface area contributed by atoms with E-state index in [1.54, 1.807) is 13.0 Å². The number of hydrogen-bond acceptors (Lipinski definition) is 4. The van der Waals surface area contributed by atoms with Gasteiger partial charge in [-0.05, 0) is 25.1 Å². The Hall–Kier alpha value is -3.42. The second-order valence-electron chi connectivity index (χ2n) is 7.24. The molecule has 27 heavy (non-hydrogen) atoms. The number of para-hydroxylation sites is 1. The maximum Gasteiger partial charge on any atom is 0.291 e. The van der Waals surface area contributed by atoms with E-state index < -0.39 is 5.91 Å². The van der Waals surface area contributed by atoms with Crippen LogP contribution in [0.4, 0.5) is 0 Å². The largest absolute Gasteiger partial charge is 0.295 e. The summed E-state index contributed by atoms with van der Waals surface area (Å²) in [6.45, 7) is 7.83. The molecule has 0 unspecified atom stereocenters. The van der Waals surface area contributed by atoms with E-state index in [4.69, 9.17) is 0 Å². The quantitative estimate of drug-likeness (QED) is 0.487. The summed E-state index contributed by atoms with van der Waals surface area (Å²) in [6.07, 6.45) is 1.34. The summed E-state index contributed by atoms with van der Waals surface area (Å²) >= 11 is 0. The maximum absolute atomic E-state index is 12.6. The number of aryl methyl sites for hydroxylation is 1. The molecule has 0 saturated carbocycles. The first-order chi connectivity index (χ1) is 12.8. The van der Waals surface area contributed by atoms with Crippen molar-refractivity contribution < 1.29 is 4.79 Å². The third-order valence-corrected chi connectivity index (χ3v) is 4.11. The van der Waals surface area contributed by atoms with Crippen molar-refractivity contribution in [2.45, 2.75) is 33.1 Å². The highest BCUT2D eigenvalue weighted by Crippen LogP contribution is 2.20. The molecule has 8 heteroatoms. The molecule has 3 rings (SSSR count). The van der Waals surface area contributed by atoms with Crippen LogP contribution in [-0.4, -0.2) is 32.1 Å². The van der Waals surface area contributed by atoms with Gasteiger partial charge in [-0.15, -0.1) is 0 Å². The van der Waals surface area contributed by atoms with Crippen molar-refractivity contribution in [3.63, 3.8) is 0 Å². The molecule has 0 spiro atoms. The van der Waals surface area contributed by atoms with Crippen LogP contribution in [-0.2, 0) is 5.41 Å². The second-order valence-corrected chi connectivity index (χ2v) is 7.24. The number of hydrogen-bond donors (Lipinski definition) is 3. The van der Waals surface area contributed by atoms with E-state index in [-0.39, 0.29) is 16.7 Å². The standard InChI is InChI=1S/C19H22N6O2/c1-12-14(18(27)25(24-12)13-8-6-5-7-9-13)11-20-23-17(26)15-10-16(22-21-15)19(2,3)4/h5-11,24H,1-4H3,(H,21,22)(H,23,26). The van der Waals surface area contributed by atoms with Crippen LogP contribution in [0, 0.1) is 6.92 Å². The van der Waals surface area contributed by atoms with Crippen LogP contribution in [0.2, 0.25) is 0 Å². The first-order valence-corrected chi connectivity index (χ1v) is 8.53. The minimum absolute atomic E-state index is 0.139. The zero-order valence-electron chi connectivity index (χ0n) is 15.7. The molecule has 0 fully saturated rings. The minimum atomic E-state index is -0.449. The molecule has 3 aromatic rings. The van der Waals surface area contributed by atoms with Gasteiger partial charge in [-0.25, -0.2) is 10.1 Å². The molecule has 0 atom stereocenters. The molecule has 2 heterocycles. The average Bonchev–Trinajstić information content (AvgIpc) is 3.23. The SMILES string of the molecule is Cc1[nH]n(-c2ccccc2)c(=O)c1C=NNC(=O)c1cc(C(C)(C)C)[nH]n1. The van der Waals surface area contributed by atoms with E-state index in [9.17, 15) is 9.59 Å². The Bertz CT molecular complexity index is 1030. The van der Waals surface area contributed by atoms with E-state index in [2.05, 4.69) is 25.8 Å². The van der Waals surface area contributed by atoms with Gasteiger partial charge < -0.3 is 0 Å². The summed E-state index contributed by atoms with van der Waals surface area (Å²) in [5.41, 5.74) is 4.85. The number of carbonyl (C=O) groups is 1. The number of aromatic nitrogens is 4. The summed E-state index contributed by atoms with van der Waals surface area (Å²) in [7, 11) is 0. The Balaban J connectivity index is 1.75. The first kappa shape index (κ1) is 18.4. The Labute approximate surface area is 156 Å². The molecule has 0 aliphatic carbocycles. The van der Waals surface area contributed by atoms with E-state index >= 15 is 0 Å². The number of carbonyl (C=O) groups excluding carboxylic acids is 1. The molecule has 8 nitrogen and oxygen atoms in total. The second kappa shape index (κ2) is 7.06. The molecule has 2 aromatic heterocycles. The van der Waals surface area contributed by atoms with Crippen LogP contribution in [0.3, 0.4) is 0 Å². The number of nitrogens with zero attached hydrogens (tertiary/aromatic N) is 3. The Morgan fingerprint density at radius 1 is 1.26 bits per heavy atom. The summed E-state index contributed by atoms with van der Waals surface area (Å²) < 4.78 is 1.43. The number of H-pyrrole nitrogens is 2. The lowest BCUT2D eigenvalue weighted by Crippen LogP contribution is -2.20. The fourth-order valence-corrected chi connectivity index (χ4v) is 2.51. The fourth-order valence-electron chi connectivity index (χ4n) is 2.51. The van der Waals surface area contributed by atoms with Crippen molar-refractivity contribution in [1.82, 2.24) is 25.4 Å². The molecule has 1 amide bonds. The van der Waals surface area contributed by atoms with Gasteiger partial charge in [-0.2, -0.15) is 10.2 Å². The highest BCUT2D eigenvalue weighted by molar-refractivity contribution is 5.93. The van der Waals surface area contributed by atoms with Gasteiger partial charge in [0.25, 0.3) is 11.5 Å². The number of nitrogens with one attached hydrogen (secondary N) is 3. The number of benzene rings is 1. The van der Waals surface area contributed by atoms with Crippen molar-refractivity contribution >= 4 is 12.1 Å². The lowest BCUT2D eigenvalue weighted by atomic mass is 9.92. The monoisotopic (exact) mass is 366 g/mol. The number of hydrazone groups is 1. The highest BCUT2D eigenvalue weighted by Gasteiger charge is 2.19. The average molecular weight is 366 g/mol. The summed E-state index contributed by atoms with van der Waals surface area (Å²) in [5, 5.41) is 13.8. The third kappa shape index (κ3) is 3.89. The molecule has 0 saturated heterocycles. The minimum Gasteiger partial charge on any atom is -0.295 e. The van der Waals surface area contributed by atoms with Crippen LogP contribution in [0.1, 0.15) is 48.2 Å². The molecular formula is C19H22N6O2. The van der Waals surface area contributed by atoms with Crippen molar-refractivity contribution in [2.24, 2.45) is 5.10 Å². The van der Waals surface area contributed by atoms with Crippen molar-refractivity contribution in [1.29, 1.82) is 0 Å². The molecular weight excluding hydrogens is 344 g/mol. The van der Waals surface area contributed by atoms with E-state index in [0.29, 0.717) is 11.3 Å². The number of aromatic amines is 2. The third-order valence-electron chi connectivity index (χ3n) is 4.11. The van der Waals surface area contributed by atoms with Crippen LogP contribution in [0.25, 0.3) is 5.69 Å². The van der Waals surface area contributed by atoms with Gasteiger partial charge in [0.15, 0.2) is 5.69 Å². The van der Waals surface area contributed by atoms with Gasteiger partial charge in [0, 0.05) is 16.8 Å². The molecule has 3 N–H and O–H groups in total. The van der Waals surface area contributed by atoms with Crippen LogP contribution in [0.15, 0.2) is 46.3 Å². The van der Waals surface area contributed by atoms with Crippen molar-refractivity contribution in [3.05, 3.63) is 69.4 Å².